The van der Waals surface area contributed by atoms with Crippen molar-refractivity contribution in [2.75, 3.05) is 26.2 Å². The Kier molecular flexibility index (Phi) is 10.0. The molecule has 0 saturated carbocycles. The van der Waals surface area contributed by atoms with Crippen LogP contribution in [0.4, 0.5) is 0 Å². The monoisotopic (exact) mass is 230 g/mol. The van der Waals surface area contributed by atoms with Crippen LogP contribution in [0.3, 0.4) is 0 Å². The summed E-state index contributed by atoms with van der Waals surface area (Å²) >= 11 is 0. The quantitative estimate of drug-likeness (QED) is 0.558. The minimum absolute atomic E-state index is 0.841. The molecular weight excluding hydrogens is 196 g/mol. The maximum atomic E-state index is 2.50. The maximum Gasteiger partial charge on any atom is 0.0835 e. The van der Waals surface area contributed by atoms with Crippen molar-refractivity contribution in [1.82, 2.24) is 0 Å². The number of hydrogen-bond acceptors (Lipinski definition) is 0. The third-order valence-electron chi connectivity index (χ3n) is 3.67. The average Bonchev–Trinajstić information content (AvgIpc) is 2.28. The van der Waals surface area contributed by atoms with Crippen molar-refractivity contribution in [3.05, 3.63) is 0 Å². The van der Waals surface area contributed by atoms with Crippen LogP contribution in [0, 0.1) is 17.8 Å². The second-order valence-electron chi connectivity index (χ2n) is 5.65. The Hall–Kier alpha value is -0.0800. The van der Waals surface area contributed by atoms with Gasteiger partial charge in [-0.15, -0.1) is 0 Å². The van der Waals surface area contributed by atoms with Crippen LogP contribution in [0.15, 0.2) is 0 Å². The zero-order valence-electron chi connectivity index (χ0n) is 12.1. The van der Waals surface area contributed by atoms with Gasteiger partial charge < -0.3 is 10.6 Å². The lowest BCUT2D eigenvalue weighted by atomic mass is 10.1. The largest absolute Gasteiger partial charge is 0.346 e. The van der Waals surface area contributed by atoms with E-state index in [9.17, 15) is 0 Å². The zero-order chi connectivity index (χ0) is 12.4. The lowest BCUT2D eigenvalue weighted by Crippen LogP contribution is -2.91. The molecule has 4 N–H and O–H groups in total. The molecule has 0 fully saturated rings. The van der Waals surface area contributed by atoms with Crippen LogP contribution in [0.5, 0.6) is 0 Å². The molecule has 0 aromatic carbocycles. The van der Waals surface area contributed by atoms with Gasteiger partial charge >= 0.3 is 0 Å². The molecule has 2 unspecified atom stereocenters. The number of quaternary nitrogens is 2. The SMILES string of the molecule is CCC(C)C[NH2+]CC(C)C[NH2+]CC(C)CC. The normalized spacial score (nSPS) is 17.1. The number of rotatable bonds is 10. The topological polar surface area (TPSA) is 33.2 Å². The van der Waals surface area contributed by atoms with Crippen molar-refractivity contribution >= 4 is 0 Å². The molecule has 0 saturated heterocycles. The minimum atomic E-state index is 0.841. The van der Waals surface area contributed by atoms with Crippen LogP contribution < -0.4 is 10.6 Å². The molecule has 98 valence electrons. The summed E-state index contributed by atoms with van der Waals surface area (Å²) in [7, 11) is 0. The fourth-order valence-electron chi connectivity index (χ4n) is 1.76. The second kappa shape index (κ2) is 10.1. The molecule has 0 aliphatic carbocycles. The first-order valence-corrected chi connectivity index (χ1v) is 7.23. The minimum Gasteiger partial charge on any atom is -0.346 e. The van der Waals surface area contributed by atoms with Gasteiger partial charge in [-0.05, 0) is 12.8 Å². The highest BCUT2D eigenvalue weighted by atomic mass is 14.9. The Morgan fingerprint density at radius 2 is 0.938 bits per heavy atom. The van der Waals surface area contributed by atoms with Crippen molar-refractivity contribution in [1.29, 1.82) is 0 Å². The van der Waals surface area contributed by atoms with Gasteiger partial charge in [-0.1, -0.05) is 34.6 Å². The Morgan fingerprint density at radius 3 is 1.25 bits per heavy atom. The summed E-state index contributed by atoms with van der Waals surface area (Å²) in [5, 5.41) is 4.99. The van der Waals surface area contributed by atoms with Gasteiger partial charge in [0.1, 0.15) is 0 Å². The van der Waals surface area contributed by atoms with E-state index in [1.54, 1.807) is 0 Å². The molecule has 2 atom stereocenters. The summed E-state index contributed by atoms with van der Waals surface area (Å²) in [6.45, 7) is 16.8. The van der Waals surface area contributed by atoms with E-state index >= 15 is 0 Å². The molecule has 16 heavy (non-hydrogen) atoms. The first kappa shape index (κ1) is 15.9. The standard InChI is InChI=1S/C14H32N2/c1-6-12(3)8-15-10-14(5)11-16-9-13(4)7-2/h12-16H,6-11H2,1-5H3/p+2. The third kappa shape index (κ3) is 9.17. The van der Waals surface area contributed by atoms with E-state index in [0.29, 0.717) is 0 Å². The first-order valence-electron chi connectivity index (χ1n) is 7.23. The molecule has 0 heterocycles. The van der Waals surface area contributed by atoms with E-state index in [1.807, 2.05) is 0 Å². The Morgan fingerprint density at radius 1 is 0.625 bits per heavy atom. The van der Waals surface area contributed by atoms with Crippen LogP contribution in [-0.4, -0.2) is 26.2 Å². The van der Waals surface area contributed by atoms with E-state index in [2.05, 4.69) is 45.3 Å². The summed E-state index contributed by atoms with van der Waals surface area (Å²) in [5.41, 5.74) is 0. The lowest BCUT2D eigenvalue weighted by Gasteiger charge is -2.13. The molecule has 0 aromatic rings. The molecule has 0 radical (unpaired) electrons. The molecule has 0 rings (SSSR count). The van der Waals surface area contributed by atoms with E-state index in [1.165, 1.54) is 39.0 Å². The fourth-order valence-corrected chi connectivity index (χ4v) is 1.76. The van der Waals surface area contributed by atoms with Crippen molar-refractivity contribution < 1.29 is 10.6 Å². The summed E-state index contributed by atoms with van der Waals surface area (Å²) in [5.74, 6) is 2.58. The maximum absolute atomic E-state index is 2.50. The van der Waals surface area contributed by atoms with Gasteiger partial charge in [-0.25, -0.2) is 0 Å². The molecule has 2 nitrogen and oxygen atoms in total. The molecule has 0 bridgehead atoms. The predicted octanol–water partition coefficient (Wildman–Crippen LogP) is 0.842. The highest BCUT2D eigenvalue weighted by molar-refractivity contribution is 4.48. The summed E-state index contributed by atoms with van der Waals surface area (Å²) < 4.78 is 0. The van der Waals surface area contributed by atoms with E-state index < -0.39 is 0 Å². The molecule has 0 aromatic heterocycles. The van der Waals surface area contributed by atoms with Crippen LogP contribution in [0.25, 0.3) is 0 Å². The van der Waals surface area contributed by atoms with Crippen molar-refractivity contribution in [2.24, 2.45) is 17.8 Å². The number of nitrogens with two attached hydrogens (primary N) is 2. The second-order valence-corrected chi connectivity index (χ2v) is 5.65. The van der Waals surface area contributed by atoms with Gasteiger partial charge in [-0.2, -0.15) is 0 Å². The van der Waals surface area contributed by atoms with Crippen LogP contribution >= 0.6 is 0 Å². The zero-order valence-corrected chi connectivity index (χ0v) is 12.1. The third-order valence-corrected chi connectivity index (χ3v) is 3.67. The molecule has 2 heteroatoms. The van der Waals surface area contributed by atoms with Gasteiger partial charge in [0.25, 0.3) is 0 Å². The van der Waals surface area contributed by atoms with Gasteiger partial charge in [0, 0.05) is 11.8 Å². The Bertz CT molecular complexity index is 132. The van der Waals surface area contributed by atoms with Gasteiger partial charge in [0.15, 0.2) is 0 Å². The summed E-state index contributed by atoms with van der Waals surface area (Å²) in [4.78, 5) is 0. The van der Waals surface area contributed by atoms with Gasteiger partial charge in [0.05, 0.1) is 32.1 Å². The van der Waals surface area contributed by atoms with E-state index in [4.69, 9.17) is 0 Å². The highest BCUT2D eigenvalue weighted by Crippen LogP contribution is 1.95. The molecule has 0 aliphatic rings. The molecule has 0 amide bonds. The fraction of sp³-hybridized carbons (Fsp3) is 1.00. The van der Waals surface area contributed by atoms with Gasteiger partial charge in [0.2, 0.25) is 0 Å². The van der Waals surface area contributed by atoms with Gasteiger partial charge in [-0.3, -0.25) is 0 Å². The predicted molar refractivity (Wildman–Crippen MR) is 71.4 cm³/mol. The van der Waals surface area contributed by atoms with Crippen LogP contribution in [0.2, 0.25) is 0 Å². The van der Waals surface area contributed by atoms with E-state index in [-0.39, 0.29) is 0 Å². The van der Waals surface area contributed by atoms with Crippen molar-refractivity contribution in [3.8, 4) is 0 Å². The van der Waals surface area contributed by atoms with Crippen LogP contribution in [-0.2, 0) is 0 Å². The van der Waals surface area contributed by atoms with Crippen molar-refractivity contribution in [2.45, 2.75) is 47.5 Å². The molecular formula is C14H34N2+2. The number of hydrogen-bond donors (Lipinski definition) is 2. The summed E-state index contributed by atoms with van der Waals surface area (Å²) in [6, 6.07) is 0. The molecule has 0 aliphatic heterocycles. The Balaban J connectivity index is 3.34. The Labute approximate surface area is 103 Å². The highest BCUT2D eigenvalue weighted by Gasteiger charge is 2.09. The summed E-state index contributed by atoms with van der Waals surface area (Å²) in [6.07, 6.45) is 2.62. The van der Waals surface area contributed by atoms with Crippen molar-refractivity contribution in [3.63, 3.8) is 0 Å². The average molecular weight is 230 g/mol. The van der Waals surface area contributed by atoms with E-state index in [0.717, 1.165) is 17.8 Å². The first-order chi connectivity index (χ1) is 7.60. The van der Waals surface area contributed by atoms with Crippen LogP contribution in [0.1, 0.15) is 47.5 Å². The smallest absolute Gasteiger partial charge is 0.0835 e. The molecule has 0 spiro atoms. The lowest BCUT2D eigenvalue weighted by molar-refractivity contribution is -0.694.